The van der Waals surface area contributed by atoms with Crippen molar-refractivity contribution in [3.05, 3.63) is 63.5 Å². The predicted molar refractivity (Wildman–Crippen MR) is 157 cm³/mol. The number of esters is 1. The maximum atomic E-state index is 15.0. The van der Waals surface area contributed by atoms with E-state index in [0.717, 1.165) is 23.2 Å². The lowest BCUT2D eigenvalue weighted by molar-refractivity contribution is -0.144. The Morgan fingerprint density at radius 3 is 2.61 bits per heavy atom. The summed E-state index contributed by atoms with van der Waals surface area (Å²) in [5, 5.41) is 22.7. The summed E-state index contributed by atoms with van der Waals surface area (Å²) >= 11 is 0. The highest BCUT2D eigenvalue weighted by Gasteiger charge is 2.60. The number of carbonyl (C=O) groups is 2. The molecule has 4 rings (SSSR count). The highest BCUT2D eigenvalue weighted by atomic mass is 31.2. The van der Waals surface area contributed by atoms with Crippen LogP contribution >= 0.6 is 7.75 Å². The number of benzene rings is 1. The first-order valence-corrected chi connectivity index (χ1v) is 16.0. The van der Waals surface area contributed by atoms with Crippen molar-refractivity contribution in [1.29, 1.82) is 0 Å². The summed E-state index contributed by atoms with van der Waals surface area (Å²) in [6.45, 7) is 5.24. The van der Waals surface area contributed by atoms with E-state index in [4.69, 9.17) is 18.4 Å². The van der Waals surface area contributed by atoms with Crippen LogP contribution in [-0.2, 0) is 47.8 Å². The average Bonchev–Trinajstić information content (AvgIpc) is 3.50. The van der Waals surface area contributed by atoms with Crippen LogP contribution in [0.2, 0.25) is 0 Å². The molecule has 0 amide bonds. The topological polar surface area (TPSA) is 200 Å². The van der Waals surface area contributed by atoms with Gasteiger partial charge in [0.15, 0.2) is 6.10 Å². The molecule has 3 aromatic rings. The SMILES string of the molecule is CCC(=O)[C@@H](NP(=O)(O)OC[C@H]1O[C@@H](n2ccc(CC(=O)OCc3cc4cc(C)cc(CO)c4o3)nc2=O)C(F)(F)[C@@H]1O)C(C)C. The molecule has 1 saturated heterocycles. The van der Waals surface area contributed by atoms with Gasteiger partial charge in [-0.05, 0) is 36.6 Å². The number of hydrogen-bond donors (Lipinski definition) is 4. The Morgan fingerprint density at radius 2 is 1.98 bits per heavy atom. The fourth-order valence-corrected chi connectivity index (χ4v) is 6.23. The van der Waals surface area contributed by atoms with Crippen molar-refractivity contribution in [1.82, 2.24) is 14.6 Å². The molecule has 3 heterocycles. The lowest BCUT2D eigenvalue weighted by atomic mass is 10.00. The third-order valence-corrected chi connectivity index (χ3v) is 8.46. The number of aliphatic hydroxyl groups excluding tert-OH is 2. The van der Waals surface area contributed by atoms with Crippen LogP contribution in [0, 0.1) is 12.8 Å². The van der Waals surface area contributed by atoms with Gasteiger partial charge in [-0.25, -0.2) is 14.4 Å². The smallest absolute Gasteiger partial charge is 0.403 e. The number of rotatable bonds is 14. The van der Waals surface area contributed by atoms with Crippen molar-refractivity contribution in [2.75, 3.05) is 6.61 Å². The van der Waals surface area contributed by atoms with Crippen molar-refractivity contribution >= 4 is 30.5 Å². The zero-order valence-electron chi connectivity index (χ0n) is 25.5. The number of ether oxygens (including phenoxy) is 2. The van der Waals surface area contributed by atoms with Crippen LogP contribution in [-0.4, -0.2) is 67.2 Å². The Bertz CT molecular complexity index is 1690. The first-order valence-electron chi connectivity index (χ1n) is 14.4. The number of halogens is 2. The highest BCUT2D eigenvalue weighted by Crippen LogP contribution is 2.45. The molecule has 0 aliphatic carbocycles. The Hall–Kier alpha value is -3.37. The number of aromatic nitrogens is 2. The number of nitrogens with zero attached hydrogens (tertiary/aromatic N) is 2. The standard InChI is InChI=1S/C29H36F2N3O11P/c1-5-21(36)24(15(2)3)33-46(40,41)43-14-22-26(38)29(30,31)27(45-22)34-7-6-19(32-28(34)39)11-23(37)42-13-20-10-17-8-16(4)9-18(12-35)25(17)44-20/h6-10,15,22,24,26-27,35,38H,5,11-14H2,1-4H3,(H2,33,40,41)/t22-,24+,26-,27-/m1/s1. The van der Waals surface area contributed by atoms with Gasteiger partial charge in [0, 0.05) is 23.6 Å². The summed E-state index contributed by atoms with van der Waals surface area (Å²) < 4.78 is 63.9. The van der Waals surface area contributed by atoms with E-state index in [0.29, 0.717) is 21.5 Å². The normalized spacial score (nSPS) is 21.4. The Morgan fingerprint density at radius 1 is 1.26 bits per heavy atom. The Labute approximate surface area is 261 Å². The number of furan rings is 1. The number of Topliss-reactive ketones (excluding diaryl/α,β-unsaturated/α-hetero) is 1. The molecule has 17 heteroatoms. The monoisotopic (exact) mass is 671 g/mol. The van der Waals surface area contributed by atoms with Crippen LogP contribution < -0.4 is 10.8 Å². The number of aliphatic hydroxyl groups is 2. The molecule has 0 radical (unpaired) electrons. The van der Waals surface area contributed by atoms with E-state index >= 15 is 8.78 Å². The molecule has 5 atom stereocenters. The summed E-state index contributed by atoms with van der Waals surface area (Å²) in [5.41, 5.74) is 0.625. The molecule has 0 saturated carbocycles. The molecular weight excluding hydrogens is 635 g/mol. The number of aryl methyl sites for hydroxylation is 1. The van der Waals surface area contributed by atoms with E-state index in [2.05, 4.69) is 10.1 Å². The second kappa shape index (κ2) is 14.2. The summed E-state index contributed by atoms with van der Waals surface area (Å²) in [4.78, 5) is 51.0. The van der Waals surface area contributed by atoms with Gasteiger partial charge in [-0.2, -0.15) is 13.8 Å². The zero-order valence-corrected chi connectivity index (χ0v) is 26.4. The molecule has 1 aliphatic rings. The molecule has 0 bridgehead atoms. The van der Waals surface area contributed by atoms with Crippen LogP contribution in [0.15, 0.2) is 39.7 Å². The van der Waals surface area contributed by atoms with Crippen molar-refractivity contribution in [2.24, 2.45) is 5.92 Å². The van der Waals surface area contributed by atoms with Gasteiger partial charge in [0.05, 0.1) is 31.4 Å². The molecule has 1 aromatic carbocycles. The number of alkyl halides is 2. The quantitative estimate of drug-likeness (QED) is 0.144. The summed E-state index contributed by atoms with van der Waals surface area (Å²) in [6.07, 6.45) is -6.21. The van der Waals surface area contributed by atoms with Crippen LogP contribution in [0.1, 0.15) is 56.0 Å². The minimum absolute atomic E-state index is 0.0754. The molecule has 1 fully saturated rings. The van der Waals surface area contributed by atoms with Crippen molar-refractivity contribution < 1.29 is 56.5 Å². The number of nitrogens with one attached hydrogen (secondary N) is 1. The molecule has 14 nitrogen and oxygen atoms in total. The molecule has 0 spiro atoms. The molecule has 4 N–H and O–H groups in total. The van der Waals surface area contributed by atoms with Gasteiger partial charge >= 0.3 is 25.3 Å². The summed E-state index contributed by atoms with van der Waals surface area (Å²) in [6, 6.07) is 5.35. The van der Waals surface area contributed by atoms with E-state index < -0.39 is 62.8 Å². The zero-order chi connectivity index (χ0) is 34.0. The first kappa shape index (κ1) is 35.5. The molecule has 1 unspecified atom stereocenters. The van der Waals surface area contributed by atoms with Gasteiger partial charge in [0.25, 0.3) is 0 Å². The van der Waals surface area contributed by atoms with Crippen molar-refractivity contribution in [2.45, 2.75) is 84.2 Å². The minimum atomic E-state index is -4.70. The fourth-order valence-electron chi connectivity index (χ4n) is 5.01. The van der Waals surface area contributed by atoms with E-state index in [-0.39, 0.29) is 37.0 Å². The minimum Gasteiger partial charge on any atom is -0.457 e. The van der Waals surface area contributed by atoms with Gasteiger partial charge in [-0.15, -0.1) is 0 Å². The average molecular weight is 672 g/mol. The highest BCUT2D eigenvalue weighted by molar-refractivity contribution is 7.50. The van der Waals surface area contributed by atoms with E-state index in [1.165, 1.54) is 0 Å². The van der Waals surface area contributed by atoms with Gasteiger partial charge in [0.1, 0.15) is 29.8 Å². The van der Waals surface area contributed by atoms with Gasteiger partial charge in [0.2, 0.25) is 6.23 Å². The lowest BCUT2D eigenvalue weighted by Gasteiger charge is -2.24. The molecular formula is C29H36F2N3O11P. The second-order valence-electron chi connectivity index (χ2n) is 11.3. The van der Waals surface area contributed by atoms with E-state index in [9.17, 15) is 34.1 Å². The van der Waals surface area contributed by atoms with Crippen LogP contribution in [0.3, 0.4) is 0 Å². The second-order valence-corrected chi connectivity index (χ2v) is 12.8. The largest absolute Gasteiger partial charge is 0.457 e. The lowest BCUT2D eigenvalue weighted by Crippen LogP contribution is -2.42. The maximum Gasteiger partial charge on any atom is 0.403 e. The first-order chi connectivity index (χ1) is 21.6. The Balaban J connectivity index is 1.38. The van der Waals surface area contributed by atoms with Gasteiger partial charge in [-0.3, -0.25) is 18.7 Å². The maximum absolute atomic E-state index is 15.0. The van der Waals surface area contributed by atoms with Gasteiger partial charge < -0.3 is 29.0 Å². The number of fused-ring (bicyclic) bond motifs is 1. The molecule has 46 heavy (non-hydrogen) atoms. The van der Waals surface area contributed by atoms with Crippen molar-refractivity contribution in [3.8, 4) is 0 Å². The van der Waals surface area contributed by atoms with E-state index in [1.807, 2.05) is 13.0 Å². The number of carbonyl (C=O) groups excluding carboxylic acids is 2. The predicted octanol–water partition coefficient (Wildman–Crippen LogP) is 2.68. The fraction of sp³-hybridized carbons (Fsp3) is 0.517. The molecule has 1 aliphatic heterocycles. The van der Waals surface area contributed by atoms with E-state index in [1.54, 1.807) is 32.9 Å². The van der Waals surface area contributed by atoms with Crippen molar-refractivity contribution in [3.63, 3.8) is 0 Å². The van der Waals surface area contributed by atoms with Crippen LogP contribution in [0.4, 0.5) is 8.78 Å². The summed E-state index contributed by atoms with van der Waals surface area (Å²) in [7, 11) is -4.70. The van der Waals surface area contributed by atoms with Gasteiger partial charge in [-0.1, -0.05) is 26.8 Å². The Kier molecular flexibility index (Phi) is 10.9. The molecule has 2 aromatic heterocycles. The summed E-state index contributed by atoms with van der Waals surface area (Å²) in [5.74, 6) is -5.27. The number of hydrogen-bond acceptors (Lipinski definition) is 11. The van der Waals surface area contributed by atoms with Crippen LogP contribution in [0.5, 0.6) is 0 Å². The number of ketones is 1. The third-order valence-electron chi connectivity index (χ3n) is 7.36. The third kappa shape index (κ3) is 7.94. The van der Waals surface area contributed by atoms with Crippen LogP contribution in [0.25, 0.3) is 11.0 Å². The molecule has 252 valence electrons.